The normalized spacial score (nSPS) is 39.5. The molecular formula is C25H42N2. The first-order valence-corrected chi connectivity index (χ1v) is 10.9. The molecule has 152 valence electrons. The molecule has 0 radical (unpaired) electrons. The van der Waals surface area contributed by atoms with Crippen LogP contribution in [0.4, 0.5) is 0 Å². The number of hydrogen-bond donors (Lipinski definition) is 2. The van der Waals surface area contributed by atoms with Crippen molar-refractivity contribution in [3.8, 4) is 0 Å². The van der Waals surface area contributed by atoms with Crippen LogP contribution in [0.15, 0.2) is 50.6 Å². The third-order valence-corrected chi connectivity index (χ3v) is 6.82. The minimum Gasteiger partial charge on any atom is -0.325 e. The van der Waals surface area contributed by atoms with Crippen molar-refractivity contribution in [1.82, 2.24) is 0 Å². The lowest BCUT2D eigenvalue weighted by Gasteiger charge is -2.50. The third kappa shape index (κ3) is 6.47. The molecule has 2 nitrogen and oxygen atoms in total. The minimum atomic E-state index is -0.164. The highest BCUT2D eigenvalue weighted by molar-refractivity contribution is 5.06. The van der Waals surface area contributed by atoms with Gasteiger partial charge < -0.3 is 11.5 Å². The molecule has 27 heavy (non-hydrogen) atoms. The Balaban J connectivity index is 2.15. The highest BCUT2D eigenvalue weighted by atomic mass is 14.8. The maximum Gasteiger partial charge on any atom is 0.0177 e. The summed E-state index contributed by atoms with van der Waals surface area (Å²) in [6.07, 6.45) is 20.2. The van der Waals surface area contributed by atoms with Crippen LogP contribution in [-0.2, 0) is 0 Å². The summed E-state index contributed by atoms with van der Waals surface area (Å²) in [7, 11) is 0. The maximum absolute atomic E-state index is 7.07. The zero-order valence-corrected chi connectivity index (χ0v) is 17.4. The number of rotatable bonds is 10. The summed E-state index contributed by atoms with van der Waals surface area (Å²) < 4.78 is 0. The zero-order chi connectivity index (χ0) is 19.9. The first-order chi connectivity index (χ1) is 12.8. The first-order valence-electron chi connectivity index (χ1n) is 10.9. The van der Waals surface area contributed by atoms with E-state index in [1.807, 2.05) is 0 Å². The molecule has 2 heteroatoms. The molecule has 0 aromatic rings. The van der Waals surface area contributed by atoms with Gasteiger partial charge in [0.05, 0.1) is 0 Å². The molecule has 0 spiro atoms. The fraction of sp³-hybridized carbons (Fsp3) is 0.680. The van der Waals surface area contributed by atoms with E-state index in [0.717, 1.165) is 57.8 Å². The van der Waals surface area contributed by atoms with Gasteiger partial charge in [0.1, 0.15) is 0 Å². The molecule has 0 aromatic carbocycles. The van der Waals surface area contributed by atoms with Crippen molar-refractivity contribution in [3.05, 3.63) is 50.6 Å². The monoisotopic (exact) mass is 370 g/mol. The summed E-state index contributed by atoms with van der Waals surface area (Å²) in [5, 5.41) is 0. The van der Waals surface area contributed by atoms with Gasteiger partial charge in [-0.3, -0.25) is 0 Å². The Morgan fingerprint density at radius 3 is 1.07 bits per heavy atom. The second kappa shape index (κ2) is 9.89. The SMILES string of the molecule is C=CCC1CC(CC=C)CC(N)(CC2(N)CC(CC=C)CC(CC=C)C2)C1. The summed E-state index contributed by atoms with van der Waals surface area (Å²) in [5.41, 5.74) is 13.8. The number of hydrogen-bond acceptors (Lipinski definition) is 2. The Morgan fingerprint density at radius 2 is 0.852 bits per heavy atom. The molecule has 2 fully saturated rings. The summed E-state index contributed by atoms with van der Waals surface area (Å²) in [4.78, 5) is 0. The van der Waals surface area contributed by atoms with Gasteiger partial charge in [0.25, 0.3) is 0 Å². The largest absolute Gasteiger partial charge is 0.325 e. The van der Waals surface area contributed by atoms with E-state index in [2.05, 4.69) is 50.6 Å². The van der Waals surface area contributed by atoms with E-state index in [0.29, 0.717) is 23.7 Å². The van der Waals surface area contributed by atoms with Crippen LogP contribution in [0, 0.1) is 23.7 Å². The molecule has 4 N–H and O–H groups in total. The van der Waals surface area contributed by atoms with Crippen molar-refractivity contribution in [2.75, 3.05) is 0 Å². The average molecular weight is 371 g/mol. The second-order valence-corrected chi connectivity index (χ2v) is 9.75. The van der Waals surface area contributed by atoms with E-state index >= 15 is 0 Å². The molecule has 0 amide bonds. The Hall–Kier alpha value is -1.12. The molecule has 2 aliphatic carbocycles. The van der Waals surface area contributed by atoms with Crippen molar-refractivity contribution in [2.24, 2.45) is 35.1 Å². The summed E-state index contributed by atoms with van der Waals surface area (Å²) >= 11 is 0. The highest BCUT2D eigenvalue weighted by Crippen LogP contribution is 2.46. The summed E-state index contributed by atoms with van der Waals surface area (Å²) in [6, 6.07) is 0. The lowest BCUT2D eigenvalue weighted by molar-refractivity contribution is 0.0851. The van der Waals surface area contributed by atoms with E-state index in [4.69, 9.17) is 11.5 Å². The van der Waals surface area contributed by atoms with Crippen molar-refractivity contribution in [3.63, 3.8) is 0 Å². The molecule has 0 bridgehead atoms. The summed E-state index contributed by atoms with van der Waals surface area (Å²) in [5.74, 6) is 2.52. The van der Waals surface area contributed by atoms with Crippen molar-refractivity contribution < 1.29 is 0 Å². The van der Waals surface area contributed by atoms with E-state index in [-0.39, 0.29) is 11.1 Å². The van der Waals surface area contributed by atoms with E-state index in [1.54, 1.807) is 0 Å². The van der Waals surface area contributed by atoms with Gasteiger partial charge in [-0.25, -0.2) is 0 Å². The van der Waals surface area contributed by atoms with Crippen LogP contribution in [0.25, 0.3) is 0 Å². The Labute approximate surface area is 167 Å². The van der Waals surface area contributed by atoms with Gasteiger partial charge in [0.15, 0.2) is 0 Å². The van der Waals surface area contributed by atoms with Gasteiger partial charge in [0.2, 0.25) is 0 Å². The van der Waals surface area contributed by atoms with Gasteiger partial charge in [-0.1, -0.05) is 24.3 Å². The van der Waals surface area contributed by atoms with Crippen molar-refractivity contribution >= 4 is 0 Å². The third-order valence-electron chi connectivity index (χ3n) is 6.82. The van der Waals surface area contributed by atoms with Crippen LogP contribution < -0.4 is 11.5 Å². The van der Waals surface area contributed by atoms with Crippen LogP contribution in [0.5, 0.6) is 0 Å². The van der Waals surface area contributed by atoms with E-state index < -0.39 is 0 Å². The molecule has 2 saturated carbocycles. The molecule has 0 heterocycles. The Bertz CT molecular complexity index is 438. The molecule has 4 atom stereocenters. The average Bonchev–Trinajstić information content (AvgIpc) is 2.54. The Morgan fingerprint density at radius 1 is 0.593 bits per heavy atom. The van der Waals surface area contributed by atoms with Crippen molar-refractivity contribution in [1.29, 1.82) is 0 Å². The fourth-order valence-electron chi connectivity index (χ4n) is 6.39. The van der Waals surface area contributed by atoms with Crippen LogP contribution in [0.3, 0.4) is 0 Å². The van der Waals surface area contributed by atoms with Crippen LogP contribution in [0.1, 0.15) is 70.6 Å². The first kappa shape index (κ1) is 22.2. The van der Waals surface area contributed by atoms with Gasteiger partial charge in [-0.2, -0.15) is 0 Å². The predicted molar refractivity (Wildman–Crippen MR) is 119 cm³/mol. The molecule has 0 aromatic heterocycles. The number of nitrogens with two attached hydrogens (primary N) is 2. The minimum absolute atomic E-state index is 0.164. The molecule has 0 aliphatic heterocycles. The molecule has 2 aliphatic rings. The van der Waals surface area contributed by atoms with E-state index in [9.17, 15) is 0 Å². The highest BCUT2D eigenvalue weighted by Gasteiger charge is 2.45. The standard InChI is InChI=1S/C25H42N2/c1-5-9-20-13-21(10-6-2)16-24(26,15-20)19-25(27)17-22(11-7-3)14-23(18-25)12-8-4/h5-8,20-23H,1-4,9-19,26-27H2. The Kier molecular flexibility index (Phi) is 8.12. The number of allylic oxidation sites excluding steroid dienone is 4. The molecule has 0 saturated heterocycles. The molecular weight excluding hydrogens is 328 g/mol. The smallest absolute Gasteiger partial charge is 0.0177 e. The van der Waals surface area contributed by atoms with Gasteiger partial charge in [-0.15, -0.1) is 26.3 Å². The lowest BCUT2D eigenvalue weighted by Crippen LogP contribution is -2.57. The molecule has 4 unspecified atom stereocenters. The van der Waals surface area contributed by atoms with Crippen molar-refractivity contribution in [2.45, 2.75) is 81.7 Å². The van der Waals surface area contributed by atoms with Crippen LogP contribution in [0.2, 0.25) is 0 Å². The topological polar surface area (TPSA) is 52.0 Å². The van der Waals surface area contributed by atoms with Crippen LogP contribution in [-0.4, -0.2) is 11.1 Å². The van der Waals surface area contributed by atoms with Gasteiger partial charge >= 0.3 is 0 Å². The zero-order valence-electron chi connectivity index (χ0n) is 17.4. The van der Waals surface area contributed by atoms with Crippen LogP contribution >= 0.6 is 0 Å². The molecule has 2 rings (SSSR count). The quantitative estimate of drug-likeness (QED) is 0.470. The second-order valence-electron chi connectivity index (χ2n) is 9.75. The van der Waals surface area contributed by atoms with E-state index in [1.165, 1.54) is 12.8 Å². The predicted octanol–water partition coefficient (Wildman–Crippen LogP) is 5.91. The lowest BCUT2D eigenvalue weighted by atomic mass is 9.60. The van der Waals surface area contributed by atoms with Gasteiger partial charge in [0, 0.05) is 11.1 Å². The maximum atomic E-state index is 7.07. The fourth-order valence-corrected chi connectivity index (χ4v) is 6.39. The summed E-state index contributed by atoms with van der Waals surface area (Å²) in [6.45, 7) is 15.8. The van der Waals surface area contributed by atoms with Gasteiger partial charge in [-0.05, 0) is 94.3 Å².